The fourth-order valence-corrected chi connectivity index (χ4v) is 1.39. The second-order valence-electron chi connectivity index (χ2n) is 3.69. The van der Waals surface area contributed by atoms with Crippen molar-refractivity contribution in [2.75, 3.05) is 18.5 Å². The molecule has 0 atom stereocenters. The lowest BCUT2D eigenvalue weighted by Crippen LogP contribution is -2.15. The maximum Gasteiger partial charge on any atom is 0.141 e. The number of benzene rings is 1. The van der Waals surface area contributed by atoms with E-state index in [-0.39, 0.29) is 0 Å². The van der Waals surface area contributed by atoms with Crippen molar-refractivity contribution in [2.24, 2.45) is 5.10 Å². The molecule has 0 spiro atoms. The first-order valence-corrected chi connectivity index (χ1v) is 5.50. The summed E-state index contributed by atoms with van der Waals surface area (Å²) < 4.78 is 1.56. The van der Waals surface area contributed by atoms with Crippen molar-refractivity contribution in [2.45, 2.75) is 6.92 Å². The van der Waals surface area contributed by atoms with Crippen molar-refractivity contribution in [3.05, 3.63) is 42.5 Å². The van der Waals surface area contributed by atoms with E-state index in [4.69, 9.17) is 0 Å². The first-order valence-electron chi connectivity index (χ1n) is 5.50. The Morgan fingerprint density at radius 1 is 1.24 bits per heavy atom. The van der Waals surface area contributed by atoms with Crippen molar-refractivity contribution in [3.63, 3.8) is 0 Å². The second kappa shape index (κ2) is 5.25. The highest BCUT2D eigenvalue weighted by Gasteiger charge is 1.96. The minimum Gasteiger partial charge on any atom is -0.375 e. The molecular formula is C12H15N5. The lowest BCUT2D eigenvalue weighted by Gasteiger charge is -2.16. The van der Waals surface area contributed by atoms with Gasteiger partial charge in [-0.15, -0.1) is 10.2 Å². The largest absolute Gasteiger partial charge is 0.375 e. The fourth-order valence-electron chi connectivity index (χ4n) is 1.39. The molecule has 88 valence electrons. The topological polar surface area (TPSA) is 46.3 Å². The Hall–Kier alpha value is -2.17. The highest BCUT2D eigenvalue weighted by molar-refractivity contribution is 5.80. The molecule has 1 heterocycles. The maximum atomic E-state index is 4.18. The zero-order chi connectivity index (χ0) is 12.1. The van der Waals surface area contributed by atoms with Gasteiger partial charge in [0.15, 0.2) is 0 Å². The van der Waals surface area contributed by atoms with Crippen molar-refractivity contribution in [3.8, 4) is 0 Å². The van der Waals surface area contributed by atoms with Gasteiger partial charge in [0.25, 0.3) is 0 Å². The van der Waals surface area contributed by atoms with Gasteiger partial charge in [-0.1, -0.05) is 12.1 Å². The minimum atomic E-state index is 0.994. The van der Waals surface area contributed by atoms with Crippen LogP contribution in [-0.4, -0.2) is 34.7 Å². The molecule has 2 rings (SSSR count). The molecule has 0 amide bonds. The SMILES string of the molecule is CCN(C)c1ccc(C=Nn2cnnc2)cc1. The Kier molecular flexibility index (Phi) is 3.49. The van der Waals surface area contributed by atoms with Crippen LogP contribution in [-0.2, 0) is 0 Å². The summed E-state index contributed by atoms with van der Waals surface area (Å²) in [5, 5.41) is 11.5. The maximum absolute atomic E-state index is 4.18. The van der Waals surface area contributed by atoms with Crippen LogP contribution >= 0.6 is 0 Å². The molecule has 0 aliphatic heterocycles. The van der Waals surface area contributed by atoms with Gasteiger partial charge < -0.3 is 4.90 Å². The van der Waals surface area contributed by atoms with Gasteiger partial charge in [0.1, 0.15) is 12.7 Å². The van der Waals surface area contributed by atoms with E-state index in [0.717, 1.165) is 12.1 Å². The van der Waals surface area contributed by atoms with Gasteiger partial charge >= 0.3 is 0 Å². The summed E-state index contributed by atoms with van der Waals surface area (Å²) in [5.74, 6) is 0. The average Bonchev–Trinajstić information content (AvgIpc) is 2.89. The van der Waals surface area contributed by atoms with Crippen LogP contribution in [0.2, 0.25) is 0 Å². The lowest BCUT2D eigenvalue weighted by molar-refractivity contribution is 0.878. The number of hydrogen-bond donors (Lipinski definition) is 0. The van der Waals surface area contributed by atoms with Crippen LogP contribution in [0.3, 0.4) is 0 Å². The summed E-state index contributed by atoms with van der Waals surface area (Å²) in [6, 6.07) is 8.23. The van der Waals surface area contributed by atoms with E-state index in [0.29, 0.717) is 0 Å². The molecule has 0 unspecified atom stereocenters. The first kappa shape index (κ1) is 11.3. The minimum absolute atomic E-state index is 0.994. The predicted molar refractivity (Wildman–Crippen MR) is 68.4 cm³/mol. The molecule has 0 saturated carbocycles. The highest BCUT2D eigenvalue weighted by Crippen LogP contribution is 2.12. The van der Waals surface area contributed by atoms with Gasteiger partial charge in [-0.05, 0) is 24.6 Å². The monoisotopic (exact) mass is 229 g/mol. The van der Waals surface area contributed by atoms with E-state index in [9.17, 15) is 0 Å². The van der Waals surface area contributed by atoms with Gasteiger partial charge in [0.05, 0.1) is 6.21 Å². The van der Waals surface area contributed by atoms with E-state index >= 15 is 0 Å². The molecular weight excluding hydrogens is 214 g/mol. The zero-order valence-electron chi connectivity index (χ0n) is 9.98. The van der Waals surface area contributed by atoms with Crippen LogP contribution in [0.15, 0.2) is 42.0 Å². The number of nitrogens with zero attached hydrogens (tertiary/aromatic N) is 5. The van der Waals surface area contributed by atoms with Gasteiger partial charge in [0.2, 0.25) is 0 Å². The van der Waals surface area contributed by atoms with E-state index in [2.05, 4.69) is 46.3 Å². The summed E-state index contributed by atoms with van der Waals surface area (Å²) in [5.41, 5.74) is 2.25. The first-order chi connectivity index (χ1) is 8.29. The highest BCUT2D eigenvalue weighted by atomic mass is 15.4. The third-order valence-electron chi connectivity index (χ3n) is 2.55. The summed E-state index contributed by atoms with van der Waals surface area (Å²) >= 11 is 0. The Morgan fingerprint density at radius 3 is 2.47 bits per heavy atom. The molecule has 17 heavy (non-hydrogen) atoms. The average molecular weight is 229 g/mol. The third kappa shape index (κ3) is 2.90. The Labute approximate surface area is 100 Å². The molecule has 0 aliphatic rings. The Morgan fingerprint density at radius 2 is 1.88 bits per heavy atom. The summed E-state index contributed by atoms with van der Waals surface area (Å²) in [7, 11) is 2.07. The number of hydrogen-bond acceptors (Lipinski definition) is 4. The molecule has 0 N–H and O–H groups in total. The summed E-state index contributed by atoms with van der Waals surface area (Å²) in [6.07, 6.45) is 4.88. The molecule has 1 aromatic heterocycles. The third-order valence-corrected chi connectivity index (χ3v) is 2.55. The molecule has 1 aromatic carbocycles. The van der Waals surface area contributed by atoms with Crippen LogP contribution in [0, 0.1) is 0 Å². The number of anilines is 1. The molecule has 5 nitrogen and oxygen atoms in total. The molecule has 0 fully saturated rings. The normalized spacial score (nSPS) is 10.9. The molecule has 0 aliphatic carbocycles. The molecule has 2 aromatic rings. The van der Waals surface area contributed by atoms with Crippen LogP contribution < -0.4 is 4.90 Å². The van der Waals surface area contributed by atoms with Gasteiger partial charge in [-0.25, -0.2) is 4.68 Å². The number of aromatic nitrogens is 3. The fraction of sp³-hybridized carbons (Fsp3) is 0.250. The van der Waals surface area contributed by atoms with Crippen molar-refractivity contribution in [1.29, 1.82) is 0 Å². The van der Waals surface area contributed by atoms with Crippen LogP contribution in [0.5, 0.6) is 0 Å². The standard InChI is InChI=1S/C12H15N5/c1-3-16(2)12-6-4-11(5-7-12)8-15-17-9-13-14-10-17/h4-10H,3H2,1-2H3. The second-order valence-corrected chi connectivity index (χ2v) is 3.69. The van der Waals surface area contributed by atoms with Gasteiger partial charge in [0, 0.05) is 19.3 Å². The Bertz CT molecular complexity index is 472. The molecule has 5 heteroatoms. The van der Waals surface area contributed by atoms with Crippen molar-refractivity contribution >= 4 is 11.9 Å². The smallest absolute Gasteiger partial charge is 0.141 e. The summed E-state index contributed by atoms with van der Waals surface area (Å²) in [6.45, 7) is 3.12. The van der Waals surface area contributed by atoms with Crippen molar-refractivity contribution < 1.29 is 0 Å². The molecule has 0 radical (unpaired) electrons. The quantitative estimate of drug-likeness (QED) is 0.748. The van der Waals surface area contributed by atoms with E-state index in [1.807, 2.05) is 12.1 Å². The van der Waals surface area contributed by atoms with Crippen LogP contribution in [0.1, 0.15) is 12.5 Å². The number of rotatable bonds is 4. The van der Waals surface area contributed by atoms with Crippen LogP contribution in [0.4, 0.5) is 5.69 Å². The van der Waals surface area contributed by atoms with Crippen molar-refractivity contribution in [1.82, 2.24) is 14.9 Å². The van der Waals surface area contributed by atoms with E-state index in [1.165, 1.54) is 5.69 Å². The van der Waals surface area contributed by atoms with Gasteiger partial charge in [-0.2, -0.15) is 5.10 Å². The van der Waals surface area contributed by atoms with E-state index in [1.54, 1.807) is 23.5 Å². The van der Waals surface area contributed by atoms with Gasteiger partial charge in [-0.3, -0.25) is 0 Å². The predicted octanol–water partition coefficient (Wildman–Crippen LogP) is 1.62. The summed E-state index contributed by atoms with van der Waals surface area (Å²) in [4.78, 5) is 2.18. The van der Waals surface area contributed by atoms with E-state index < -0.39 is 0 Å². The lowest BCUT2D eigenvalue weighted by atomic mass is 10.2. The Balaban J connectivity index is 2.08. The molecule has 0 bridgehead atoms. The zero-order valence-corrected chi connectivity index (χ0v) is 9.98. The molecule has 0 saturated heterocycles. The van der Waals surface area contributed by atoms with Crippen LogP contribution in [0.25, 0.3) is 0 Å².